The third-order valence-electron chi connectivity index (χ3n) is 3.96. The zero-order valence-electron chi connectivity index (χ0n) is 15.3. The van der Waals surface area contributed by atoms with Crippen molar-refractivity contribution in [1.82, 2.24) is 19.6 Å². The van der Waals surface area contributed by atoms with Crippen molar-refractivity contribution < 1.29 is 26.4 Å². The molecule has 0 saturated carbocycles. The number of rotatable bonds is 9. The third kappa shape index (κ3) is 5.32. The third-order valence-corrected chi connectivity index (χ3v) is 5.44. The zero-order chi connectivity index (χ0) is 20.9. The van der Waals surface area contributed by atoms with Gasteiger partial charge in [-0.05, 0) is 18.1 Å². The Hall–Kier alpha value is -2.40. The van der Waals surface area contributed by atoms with Crippen LogP contribution in [0.15, 0.2) is 41.6 Å². The smallest absolute Gasteiger partial charge is 0.319 e. The van der Waals surface area contributed by atoms with Crippen molar-refractivity contribution in [2.24, 2.45) is 5.92 Å². The maximum Gasteiger partial charge on any atom is 0.319 e. The minimum atomic E-state index is -4.27. The van der Waals surface area contributed by atoms with Crippen LogP contribution in [-0.4, -0.2) is 36.5 Å². The molecule has 1 atom stereocenters. The molecule has 28 heavy (non-hydrogen) atoms. The molecule has 0 aliphatic carbocycles. The van der Waals surface area contributed by atoms with Gasteiger partial charge in [0.2, 0.25) is 15.9 Å². The quantitative estimate of drug-likeness (QED) is 0.652. The van der Waals surface area contributed by atoms with Crippen LogP contribution in [0.1, 0.15) is 26.2 Å². The lowest BCUT2D eigenvalue weighted by Crippen LogP contribution is -2.50. The van der Waals surface area contributed by atoms with Gasteiger partial charge in [-0.25, -0.2) is 17.8 Å². The molecule has 11 heteroatoms. The number of sulfonamides is 1. The highest BCUT2D eigenvalue weighted by Gasteiger charge is 2.29. The topological polar surface area (TPSA) is 93.1 Å². The van der Waals surface area contributed by atoms with Gasteiger partial charge in [0.15, 0.2) is 0 Å². The van der Waals surface area contributed by atoms with Crippen molar-refractivity contribution in [3.8, 4) is 0 Å². The van der Waals surface area contributed by atoms with Gasteiger partial charge in [-0.2, -0.15) is 13.5 Å². The average molecular weight is 418 g/mol. The molecule has 7 nitrogen and oxygen atoms in total. The first-order chi connectivity index (χ1) is 13.1. The molecule has 0 fully saturated rings. The molecule has 0 bridgehead atoms. The molecule has 0 saturated heterocycles. The summed E-state index contributed by atoms with van der Waals surface area (Å²) >= 11 is 0. The molecule has 1 aromatic heterocycles. The molecule has 0 unspecified atom stereocenters. The highest BCUT2D eigenvalue weighted by molar-refractivity contribution is 7.89. The first-order valence-electron chi connectivity index (χ1n) is 8.48. The minimum absolute atomic E-state index is 0.0206. The number of aromatic nitrogens is 2. The summed E-state index contributed by atoms with van der Waals surface area (Å²) in [6.45, 7) is 0.479. The van der Waals surface area contributed by atoms with Gasteiger partial charge in [0.1, 0.15) is 22.6 Å². The molecular weight excluding hydrogens is 397 g/mol. The van der Waals surface area contributed by atoms with E-state index in [0.29, 0.717) is 4.57 Å². The fourth-order valence-electron chi connectivity index (χ4n) is 2.51. The van der Waals surface area contributed by atoms with Crippen molar-refractivity contribution in [3.05, 3.63) is 48.3 Å². The maximum absolute atomic E-state index is 13.8. The molecule has 2 rings (SSSR count). The number of amides is 1. The lowest BCUT2D eigenvalue weighted by atomic mass is 10.1. The monoisotopic (exact) mass is 418 g/mol. The van der Waals surface area contributed by atoms with Crippen LogP contribution in [0.4, 0.5) is 13.2 Å². The summed E-state index contributed by atoms with van der Waals surface area (Å²) in [4.78, 5) is 15.7. The fraction of sp³-hybridized carbons (Fsp3) is 0.412. The number of carbonyl (C=O) groups excluding carboxylic acids is 1. The van der Waals surface area contributed by atoms with Crippen LogP contribution in [0.25, 0.3) is 0 Å². The Balaban J connectivity index is 2.04. The summed E-state index contributed by atoms with van der Waals surface area (Å²) in [6.07, 6.45) is 2.39. The van der Waals surface area contributed by atoms with Crippen LogP contribution in [0.3, 0.4) is 0 Å². The molecule has 154 valence electrons. The van der Waals surface area contributed by atoms with Gasteiger partial charge >= 0.3 is 6.55 Å². The van der Waals surface area contributed by atoms with E-state index in [-0.39, 0.29) is 18.8 Å². The molecule has 2 aromatic rings. The van der Waals surface area contributed by atoms with Crippen molar-refractivity contribution in [2.45, 2.75) is 37.8 Å². The highest BCUT2D eigenvalue weighted by Crippen LogP contribution is 2.16. The number of benzene rings is 1. The second-order valence-corrected chi connectivity index (χ2v) is 8.03. The molecule has 1 heterocycles. The summed E-state index contributed by atoms with van der Waals surface area (Å²) in [5.41, 5.74) is 0. The van der Waals surface area contributed by atoms with Crippen molar-refractivity contribution in [3.63, 3.8) is 0 Å². The van der Waals surface area contributed by atoms with E-state index in [9.17, 15) is 26.4 Å². The second-order valence-electron chi connectivity index (χ2n) is 6.34. The first-order valence-corrected chi connectivity index (χ1v) is 9.96. The number of alkyl halides is 2. The Bertz CT molecular complexity index is 916. The van der Waals surface area contributed by atoms with Crippen LogP contribution >= 0.6 is 0 Å². The average Bonchev–Trinajstić information content (AvgIpc) is 3.08. The number of nitrogens with one attached hydrogen (secondary N) is 2. The Morgan fingerprint density at radius 3 is 2.54 bits per heavy atom. The number of hydrogen-bond acceptors (Lipinski definition) is 4. The van der Waals surface area contributed by atoms with Gasteiger partial charge in [0.05, 0.1) is 0 Å². The van der Waals surface area contributed by atoms with Gasteiger partial charge in [-0.3, -0.25) is 9.36 Å². The molecule has 0 aliphatic rings. The van der Waals surface area contributed by atoms with E-state index in [1.54, 1.807) is 13.8 Å². The van der Waals surface area contributed by atoms with Gasteiger partial charge in [0.25, 0.3) is 0 Å². The van der Waals surface area contributed by atoms with Crippen molar-refractivity contribution in [1.29, 1.82) is 0 Å². The number of nitrogens with zero attached hydrogens (tertiary/aromatic N) is 2. The standard InChI is InChI=1S/C17H21F3N4O3S/c1-11(2)15(23-28(26,27)13-6-4-3-5-12(13)18)16(25)22-8-7-14-21-9-10-24(14)17(19)20/h3-6,9-11,15,17,23H,7-8H2,1-2H3,(H,22,25)/t15-/m0/s1. The summed E-state index contributed by atoms with van der Waals surface area (Å²) in [5.74, 6) is -1.94. The lowest BCUT2D eigenvalue weighted by Gasteiger charge is -2.21. The summed E-state index contributed by atoms with van der Waals surface area (Å²) < 4.78 is 67.1. The summed E-state index contributed by atoms with van der Waals surface area (Å²) in [7, 11) is -4.27. The predicted molar refractivity (Wildman–Crippen MR) is 95.5 cm³/mol. The van der Waals surface area contributed by atoms with Gasteiger partial charge in [0, 0.05) is 25.4 Å². The van der Waals surface area contributed by atoms with Gasteiger partial charge in [-0.1, -0.05) is 26.0 Å². The van der Waals surface area contributed by atoms with Crippen molar-refractivity contribution >= 4 is 15.9 Å². The molecule has 2 N–H and O–H groups in total. The normalized spacial score (nSPS) is 13.1. The summed E-state index contributed by atoms with van der Waals surface area (Å²) in [5, 5.41) is 2.50. The van der Waals surface area contributed by atoms with E-state index in [1.807, 2.05) is 0 Å². The predicted octanol–water partition coefficient (Wildman–Crippen LogP) is 2.08. The number of imidazole rings is 1. The van der Waals surface area contributed by atoms with Crippen molar-refractivity contribution in [2.75, 3.05) is 6.54 Å². The van der Waals surface area contributed by atoms with E-state index in [4.69, 9.17) is 0 Å². The lowest BCUT2D eigenvalue weighted by molar-refractivity contribution is -0.123. The number of hydrogen-bond donors (Lipinski definition) is 2. The van der Waals surface area contributed by atoms with Crippen LogP contribution in [-0.2, 0) is 21.2 Å². The number of halogens is 3. The van der Waals surface area contributed by atoms with Crippen LogP contribution < -0.4 is 10.0 Å². The van der Waals surface area contributed by atoms with E-state index < -0.39 is 45.2 Å². The molecule has 0 radical (unpaired) electrons. The SMILES string of the molecule is CC(C)[C@H](NS(=O)(=O)c1ccccc1F)C(=O)NCCc1nccn1C(F)F. The van der Waals surface area contributed by atoms with Gasteiger partial charge < -0.3 is 5.32 Å². The molecule has 1 aromatic carbocycles. The maximum atomic E-state index is 13.8. The Morgan fingerprint density at radius 2 is 1.93 bits per heavy atom. The Kier molecular flexibility index (Phi) is 7.19. The Morgan fingerprint density at radius 1 is 1.25 bits per heavy atom. The number of carbonyl (C=O) groups is 1. The van der Waals surface area contributed by atoms with Crippen LogP contribution in [0.5, 0.6) is 0 Å². The van der Waals surface area contributed by atoms with Gasteiger partial charge in [-0.15, -0.1) is 0 Å². The zero-order valence-corrected chi connectivity index (χ0v) is 16.1. The molecule has 0 spiro atoms. The second kappa shape index (κ2) is 9.20. The van der Waals surface area contributed by atoms with Crippen LogP contribution in [0.2, 0.25) is 0 Å². The highest BCUT2D eigenvalue weighted by atomic mass is 32.2. The Labute approximate surface area is 161 Å². The van der Waals surface area contributed by atoms with E-state index >= 15 is 0 Å². The minimum Gasteiger partial charge on any atom is -0.354 e. The first kappa shape index (κ1) is 21.9. The summed E-state index contributed by atoms with van der Waals surface area (Å²) in [6, 6.07) is 3.65. The van der Waals surface area contributed by atoms with E-state index in [1.165, 1.54) is 18.3 Å². The largest absolute Gasteiger partial charge is 0.354 e. The molecule has 1 amide bonds. The molecular formula is C17H21F3N4O3S. The van der Waals surface area contributed by atoms with E-state index in [0.717, 1.165) is 18.3 Å². The fourth-order valence-corrected chi connectivity index (χ4v) is 3.93. The molecule has 0 aliphatic heterocycles. The van der Waals surface area contributed by atoms with Crippen LogP contribution in [0, 0.1) is 11.7 Å². The van der Waals surface area contributed by atoms with E-state index in [2.05, 4.69) is 15.0 Å².